The van der Waals surface area contributed by atoms with E-state index in [1.54, 1.807) is 17.6 Å². The van der Waals surface area contributed by atoms with Crippen molar-refractivity contribution in [1.82, 2.24) is 9.55 Å². The topological polar surface area (TPSA) is 103 Å². The van der Waals surface area contributed by atoms with Crippen molar-refractivity contribution in [2.75, 3.05) is 24.8 Å². The Morgan fingerprint density at radius 3 is 2.49 bits per heavy atom. The standard InChI is InChI=1S/C34H31N3O6/c1-2-34(40)26-15-28-31-24(17-37(28)32(38)25(26)18-41-33(34)39)22(23-14-29-30(43-19-42-29)16-27(23)35-31)11-8-20-6-9-21(10-7-20)36-12-4-3-5-13-36/h6-11,14-16,40H,2-5,12-13,17-19H2,1H3/b11-8+/t34-/m0/s1. The number of ether oxygens (including phenoxy) is 3. The fourth-order valence-electron chi connectivity index (χ4n) is 6.82. The molecule has 43 heavy (non-hydrogen) atoms. The molecule has 0 aliphatic carbocycles. The molecule has 4 aliphatic rings. The number of hydrogen-bond donors (Lipinski definition) is 1. The van der Waals surface area contributed by atoms with Crippen LogP contribution < -0.4 is 19.9 Å². The quantitative estimate of drug-likeness (QED) is 0.299. The van der Waals surface area contributed by atoms with Gasteiger partial charge in [0.2, 0.25) is 6.79 Å². The van der Waals surface area contributed by atoms with Crippen LogP contribution in [0.5, 0.6) is 11.5 Å². The first-order valence-corrected chi connectivity index (χ1v) is 14.9. The number of fused-ring (bicyclic) bond motifs is 6. The van der Waals surface area contributed by atoms with Crippen molar-refractivity contribution in [3.05, 3.63) is 80.6 Å². The maximum Gasteiger partial charge on any atom is 0.343 e. The number of piperidine rings is 1. The van der Waals surface area contributed by atoms with E-state index < -0.39 is 11.6 Å². The Labute approximate surface area is 247 Å². The largest absolute Gasteiger partial charge is 0.458 e. The summed E-state index contributed by atoms with van der Waals surface area (Å²) in [5.74, 6) is 0.535. The zero-order chi connectivity index (χ0) is 29.3. The molecule has 4 aromatic rings. The molecule has 1 saturated heterocycles. The highest BCUT2D eigenvalue weighted by Crippen LogP contribution is 2.43. The van der Waals surface area contributed by atoms with Gasteiger partial charge in [0.15, 0.2) is 17.1 Å². The zero-order valence-corrected chi connectivity index (χ0v) is 23.9. The third kappa shape index (κ3) is 3.98. The summed E-state index contributed by atoms with van der Waals surface area (Å²) < 4.78 is 18.2. The first-order valence-electron chi connectivity index (χ1n) is 14.9. The third-order valence-electron chi connectivity index (χ3n) is 9.28. The number of esters is 1. The highest BCUT2D eigenvalue weighted by atomic mass is 16.7. The number of aromatic nitrogens is 2. The number of benzene rings is 2. The van der Waals surface area contributed by atoms with E-state index in [0.29, 0.717) is 46.1 Å². The van der Waals surface area contributed by atoms with Crippen LogP contribution in [-0.4, -0.2) is 40.5 Å². The lowest BCUT2D eigenvalue weighted by atomic mass is 9.86. The lowest BCUT2D eigenvalue weighted by Crippen LogP contribution is -2.44. The molecular formula is C34H31N3O6. The Bertz CT molecular complexity index is 1900. The molecule has 6 heterocycles. The predicted octanol–water partition coefficient (Wildman–Crippen LogP) is 4.97. The fraction of sp³-hybridized carbons (Fsp3) is 0.324. The Morgan fingerprint density at radius 2 is 1.72 bits per heavy atom. The lowest BCUT2D eigenvalue weighted by molar-refractivity contribution is -0.172. The second kappa shape index (κ2) is 9.70. The average molecular weight is 578 g/mol. The Balaban J connectivity index is 1.27. The molecule has 1 N–H and O–H groups in total. The van der Waals surface area contributed by atoms with Crippen molar-refractivity contribution in [2.24, 2.45) is 0 Å². The van der Waals surface area contributed by atoms with E-state index in [2.05, 4.69) is 41.3 Å². The molecule has 1 fully saturated rings. The van der Waals surface area contributed by atoms with E-state index in [1.807, 2.05) is 12.1 Å². The third-order valence-corrected chi connectivity index (χ3v) is 9.28. The van der Waals surface area contributed by atoms with Crippen molar-refractivity contribution < 1.29 is 24.1 Å². The summed E-state index contributed by atoms with van der Waals surface area (Å²) in [6, 6.07) is 14.2. The van der Waals surface area contributed by atoms with Gasteiger partial charge in [0.25, 0.3) is 5.56 Å². The first kappa shape index (κ1) is 26.0. The number of carbonyl (C=O) groups excluding carboxylic acids is 1. The van der Waals surface area contributed by atoms with E-state index >= 15 is 0 Å². The number of pyridine rings is 2. The van der Waals surface area contributed by atoms with Crippen molar-refractivity contribution >= 4 is 34.7 Å². The van der Waals surface area contributed by atoms with Crippen molar-refractivity contribution in [2.45, 2.75) is 51.4 Å². The monoisotopic (exact) mass is 577 g/mol. The van der Waals surface area contributed by atoms with E-state index in [4.69, 9.17) is 19.2 Å². The fourth-order valence-corrected chi connectivity index (χ4v) is 6.82. The number of carbonyl (C=O) groups is 1. The van der Waals surface area contributed by atoms with Gasteiger partial charge in [-0.15, -0.1) is 0 Å². The van der Waals surface area contributed by atoms with Gasteiger partial charge in [-0.25, -0.2) is 9.78 Å². The van der Waals surface area contributed by atoms with Crippen LogP contribution in [-0.2, 0) is 28.3 Å². The summed E-state index contributed by atoms with van der Waals surface area (Å²) in [6.45, 7) is 4.18. The minimum atomic E-state index is -1.88. The van der Waals surface area contributed by atoms with Crippen LogP contribution in [0.15, 0.2) is 47.3 Å². The maximum atomic E-state index is 13.8. The summed E-state index contributed by atoms with van der Waals surface area (Å²) in [5, 5.41) is 12.1. The lowest BCUT2D eigenvalue weighted by Gasteiger charge is -2.31. The normalized spacial score (nSPS) is 20.3. The molecule has 2 aromatic carbocycles. The molecule has 0 bridgehead atoms. The molecule has 9 heteroatoms. The highest BCUT2D eigenvalue weighted by Gasteiger charge is 2.45. The number of rotatable bonds is 4. The molecule has 0 unspecified atom stereocenters. The SMILES string of the molecule is CC[C@@]1(O)C(=O)OCc2c1cc1n(c2=O)Cc2c-1nc1cc3c(cc1c2/C=C/c1ccc(N2CCCCC2)cc1)OCO3. The van der Waals surface area contributed by atoms with Gasteiger partial charge in [-0.05, 0) is 61.1 Å². The number of aliphatic hydroxyl groups is 1. The van der Waals surface area contributed by atoms with Crippen LogP contribution in [0.25, 0.3) is 34.4 Å². The Hall–Kier alpha value is -4.63. The summed E-state index contributed by atoms with van der Waals surface area (Å²) in [6.07, 6.45) is 8.01. The van der Waals surface area contributed by atoms with Gasteiger partial charge in [-0.1, -0.05) is 31.2 Å². The van der Waals surface area contributed by atoms with Crippen LogP contribution in [0.2, 0.25) is 0 Å². The van der Waals surface area contributed by atoms with Crippen molar-refractivity contribution in [1.29, 1.82) is 0 Å². The minimum Gasteiger partial charge on any atom is -0.458 e. The second-order valence-corrected chi connectivity index (χ2v) is 11.7. The van der Waals surface area contributed by atoms with Crippen molar-refractivity contribution in [3.63, 3.8) is 0 Å². The van der Waals surface area contributed by atoms with Gasteiger partial charge in [0.1, 0.15) is 6.61 Å². The predicted molar refractivity (Wildman–Crippen MR) is 162 cm³/mol. The smallest absolute Gasteiger partial charge is 0.343 e. The van der Waals surface area contributed by atoms with Gasteiger partial charge in [0.05, 0.1) is 29.0 Å². The number of nitrogens with zero attached hydrogens (tertiary/aromatic N) is 3. The molecule has 9 nitrogen and oxygen atoms in total. The number of anilines is 1. The maximum absolute atomic E-state index is 13.8. The van der Waals surface area contributed by atoms with E-state index in [9.17, 15) is 14.7 Å². The van der Waals surface area contributed by atoms with Gasteiger partial charge >= 0.3 is 5.97 Å². The Morgan fingerprint density at radius 1 is 0.953 bits per heavy atom. The highest BCUT2D eigenvalue weighted by molar-refractivity contribution is 5.97. The molecule has 0 spiro atoms. The van der Waals surface area contributed by atoms with Crippen LogP contribution in [0.1, 0.15) is 60.4 Å². The molecule has 4 aliphatic heterocycles. The van der Waals surface area contributed by atoms with E-state index in [1.165, 1.54) is 24.9 Å². The Kier molecular flexibility index (Phi) is 5.88. The van der Waals surface area contributed by atoms with Gasteiger partial charge < -0.3 is 28.8 Å². The van der Waals surface area contributed by atoms with Crippen LogP contribution in [0, 0.1) is 0 Å². The van der Waals surface area contributed by atoms with Crippen molar-refractivity contribution in [3.8, 4) is 22.9 Å². The number of hydrogen-bond acceptors (Lipinski definition) is 8. The van der Waals surface area contributed by atoms with Gasteiger partial charge in [-0.2, -0.15) is 0 Å². The summed E-state index contributed by atoms with van der Waals surface area (Å²) in [7, 11) is 0. The minimum absolute atomic E-state index is 0.0910. The molecule has 2 aromatic heterocycles. The van der Waals surface area contributed by atoms with E-state index in [0.717, 1.165) is 35.2 Å². The molecule has 1 atom stereocenters. The molecule has 218 valence electrons. The van der Waals surface area contributed by atoms with E-state index in [-0.39, 0.29) is 25.4 Å². The average Bonchev–Trinajstić information content (AvgIpc) is 3.65. The van der Waals surface area contributed by atoms with Crippen LogP contribution in [0.4, 0.5) is 5.69 Å². The molecular weight excluding hydrogens is 546 g/mol. The summed E-state index contributed by atoms with van der Waals surface area (Å²) in [4.78, 5) is 33.8. The molecule has 0 saturated carbocycles. The molecule has 0 radical (unpaired) electrons. The first-order chi connectivity index (χ1) is 20.9. The van der Waals surface area contributed by atoms with Gasteiger partial charge in [0, 0.05) is 41.4 Å². The van der Waals surface area contributed by atoms with Gasteiger partial charge in [-0.3, -0.25) is 4.79 Å². The van der Waals surface area contributed by atoms with Crippen LogP contribution >= 0.6 is 0 Å². The van der Waals surface area contributed by atoms with Crippen LogP contribution in [0.3, 0.4) is 0 Å². The summed E-state index contributed by atoms with van der Waals surface area (Å²) in [5.41, 5.74) is 4.47. The summed E-state index contributed by atoms with van der Waals surface area (Å²) >= 11 is 0. The molecule has 0 amide bonds. The zero-order valence-electron chi connectivity index (χ0n) is 23.9. The number of cyclic esters (lactones) is 1. The molecule has 8 rings (SSSR count). The second-order valence-electron chi connectivity index (χ2n) is 11.7.